The van der Waals surface area contributed by atoms with Gasteiger partial charge in [-0.1, -0.05) is 6.07 Å². The van der Waals surface area contributed by atoms with Crippen LogP contribution in [0.5, 0.6) is 0 Å². The summed E-state index contributed by atoms with van der Waals surface area (Å²) in [5, 5.41) is 3.01. The smallest absolute Gasteiger partial charge is 0.222 e. The van der Waals surface area contributed by atoms with E-state index < -0.39 is 0 Å². The van der Waals surface area contributed by atoms with Crippen LogP contribution in [0.4, 0.5) is 0 Å². The molecule has 20 heavy (non-hydrogen) atoms. The predicted octanol–water partition coefficient (Wildman–Crippen LogP) is 2.75. The topological polar surface area (TPSA) is 46.9 Å². The zero-order valence-corrected chi connectivity index (χ0v) is 12.3. The molecule has 106 valence electrons. The van der Waals surface area contributed by atoms with Gasteiger partial charge in [0.25, 0.3) is 0 Å². The van der Waals surface area contributed by atoms with Gasteiger partial charge in [-0.25, -0.2) is 4.98 Å². The summed E-state index contributed by atoms with van der Waals surface area (Å²) in [6.45, 7) is 2.67. The van der Waals surface area contributed by atoms with E-state index in [2.05, 4.69) is 16.4 Å². The average Bonchev–Trinajstić information content (AvgIpc) is 3.16. The predicted molar refractivity (Wildman–Crippen MR) is 79.8 cm³/mol. The van der Waals surface area contributed by atoms with Crippen LogP contribution < -0.4 is 5.32 Å². The number of rotatable bonds is 5. The number of amides is 1. The molecule has 1 saturated carbocycles. The van der Waals surface area contributed by atoms with Gasteiger partial charge >= 0.3 is 0 Å². The largest absolute Gasteiger partial charge is 0.353 e. The second-order valence-electron chi connectivity index (χ2n) is 5.40. The molecule has 4 nitrogen and oxygen atoms in total. The molecular weight excluding hydrogens is 274 g/mol. The Bertz CT molecular complexity index is 646. The van der Waals surface area contributed by atoms with Crippen molar-refractivity contribution in [2.24, 2.45) is 0 Å². The maximum atomic E-state index is 11.8. The molecule has 2 aromatic rings. The van der Waals surface area contributed by atoms with Gasteiger partial charge in [-0.3, -0.25) is 4.79 Å². The Hall–Kier alpha value is -1.55. The number of carbonyl (C=O) groups excluding carboxylic acids is 1. The highest BCUT2D eigenvalue weighted by Gasteiger charge is 2.23. The number of fused-ring (bicyclic) bond motifs is 1. The van der Waals surface area contributed by atoms with Crippen molar-refractivity contribution < 1.29 is 4.79 Å². The van der Waals surface area contributed by atoms with Crippen molar-refractivity contribution in [3.05, 3.63) is 29.6 Å². The third-order valence-electron chi connectivity index (χ3n) is 3.61. The molecule has 0 atom stereocenters. The lowest BCUT2D eigenvalue weighted by molar-refractivity contribution is -0.121. The van der Waals surface area contributed by atoms with E-state index in [4.69, 9.17) is 11.6 Å². The average molecular weight is 292 g/mol. The summed E-state index contributed by atoms with van der Waals surface area (Å²) < 4.78 is 2.05. The van der Waals surface area contributed by atoms with E-state index in [9.17, 15) is 4.79 Å². The Morgan fingerprint density at radius 2 is 2.30 bits per heavy atom. The minimum Gasteiger partial charge on any atom is -0.353 e. The van der Waals surface area contributed by atoms with Crippen LogP contribution in [0.25, 0.3) is 11.0 Å². The van der Waals surface area contributed by atoms with Gasteiger partial charge in [-0.2, -0.15) is 0 Å². The van der Waals surface area contributed by atoms with E-state index in [1.807, 2.05) is 23.6 Å². The molecule has 1 aliphatic rings. The van der Waals surface area contributed by atoms with Crippen LogP contribution in [0.1, 0.15) is 30.7 Å². The molecule has 0 aliphatic heterocycles. The van der Waals surface area contributed by atoms with Crippen molar-refractivity contribution in [2.75, 3.05) is 0 Å². The number of hydrogen-bond donors (Lipinski definition) is 1. The molecule has 0 radical (unpaired) electrons. The molecule has 1 fully saturated rings. The number of nitrogens with one attached hydrogen (secondary N) is 1. The lowest BCUT2D eigenvalue weighted by atomic mass is 10.2. The van der Waals surface area contributed by atoms with Gasteiger partial charge in [-0.15, -0.1) is 11.6 Å². The lowest BCUT2D eigenvalue weighted by Crippen LogP contribution is -2.26. The number of halogens is 1. The fourth-order valence-corrected chi connectivity index (χ4v) is 2.59. The molecule has 5 heteroatoms. The number of alkyl halides is 1. The number of aryl methyl sites for hydroxylation is 2. The van der Waals surface area contributed by atoms with Crippen LogP contribution in [0.15, 0.2) is 18.2 Å². The number of carbonyl (C=O) groups is 1. The summed E-state index contributed by atoms with van der Waals surface area (Å²) in [6, 6.07) is 6.57. The molecule has 1 aromatic carbocycles. The Labute approximate surface area is 123 Å². The fraction of sp³-hybridized carbons (Fsp3) is 0.467. The summed E-state index contributed by atoms with van der Waals surface area (Å²) in [5.74, 6) is 1.30. The van der Waals surface area contributed by atoms with E-state index in [1.165, 1.54) is 5.56 Å². The first-order valence-electron chi connectivity index (χ1n) is 6.98. The minimum absolute atomic E-state index is 0.113. The molecule has 1 heterocycles. The van der Waals surface area contributed by atoms with Gasteiger partial charge in [0.2, 0.25) is 5.91 Å². The maximum absolute atomic E-state index is 11.8. The molecule has 0 spiro atoms. The number of hydrogen-bond acceptors (Lipinski definition) is 2. The van der Waals surface area contributed by atoms with Gasteiger partial charge in [0.1, 0.15) is 5.82 Å². The van der Waals surface area contributed by atoms with Crippen LogP contribution in [0.3, 0.4) is 0 Å². The molecule has 0 bridgehead atoms. The third kappa shape index (κ3) is 2.80. The van der Waals surface area contributed by atoms with E-state index in [0.717, 1.165) is 29.7 Å². The van der Waals surface area contributed by atoms with Gasteiger partial charge in [0.15, 0.2) is 0 Å². The molecule has 1 aromatic heterocycles. The fourth-order valence-electron chi connectivity index (χ4n) is 2.38. The van der Waals surface area contributed by atoms with Crippen LogP contribution >= 0.6 is 11.6 Å². The van der Waals surface area contributed by atoms with Crippen molar-refractivity contribution >= 4 is 28.5 Å². The zero-order chi connectivity index (χ0) is 14.1. The second-order valence-corrected chi connectivity index (χ2v) is 5.66. The number of benzene rings is 1. The third-order valence-corrected chi connectivity index (χ3v) is 3.85. The van der Waals surface area contributed by atoms with Gasteiger partial charge in [-0.05, 0) is 37.5 Å². The Morgan fingerprint density at radius 3 is 3.00 bits per heavy atom. The number of nitrogens with zero attached hydrogens (tertiary/aromatic N) is 2. The first-order chi connectivity index (χ1) is 9.67. The van der Waals surface area contributed by atoms with E-state index in [1.54, 1.807) is 0 Å². The van der Waals surface area contributed by atoms with Crippen LogP contribution in [-0.4, -0.2) is 21.5 Å². The molecule has 1 amide bonds. The molecular formula is C15H18ClN3O. The first-order valence-corrected chi connectivity index (χ1v) is 7.52. The highest BCUT2D eigenvalue weighted by Crippen LogP contribution is 2.21. The summed E-state index contributed by atoms with van der Waals surface area (Å²) >= 11 is 5.97. The quantitative estimate of drug-likeness (QED) is 0.861. The zero-order valence-electron chi connectivity index (χ0n) is 11.5. The minimum atomic E-state index is 0.113. The summed E-state index contributed by atoms with van der Waals surface area (Å²) in [5.41, 5.74) is 3.17. The van der Waals surface area contributed by atoms with E-state index >= 15 is 0 Å². The highest BCUT2D eigenvalue weighted by molar-refractivity contribution is 6.16. The normalized spacial score (nSPS) is 14.7. The van der Waals surface area contributed by atoms with Crippen molar-refractivity contribution in [1.29, 1.82) is 0 Å². The molecule has 1 N–H and O–H groups in total. The van der Waals surface area contributed by atoms with E-state index in [0.29, 0.717) is 24.9 Å². The van der Waals surface area contributed by atoms with Crippen LogP contribution in [0.2, 0.25) is 0 Å². The lowest BCUT2D eigenvalue weighted by Gasteiger charge is -2.08. The van der Waals surface area contributed by atoms with Gasteiger partial charge < -0.3 is 9.88 Å². The monoisotopic (exact) mass is 291 g/mol. The summed E-state index contributed by atoms with van der Waals surface area (Å²) in [7, 11) is 0. The van der Waals surface area contributed by atoms with Gasteiger partial charge in [0.05, 0.1) is 16.9 Å². The Balaban J connectivity index is 1.79. The van der Waals surface area contributed by atoms with Crippen LogP contribution in [0, 0.1) is 6.92 Å². The SMILES string of the molecule is Cc1ccc2c(c1)nc(CCl)n2CCC(=O)NC1CC1. The van der Waals surface area contributed by atoms with Gasteiger partial charge in [0, 0.05) is 19.0 Å². The Morgan fingerprint density at radius 1 is 1.50 bits per heavy atom. The number of imidazole rings is 1. The van der Waals surface area contributed by atoms with E-state index in [-0.39, 0.29) is 5.91 Å². The van der Waals surface area contributed by atoms with Crippen LogP contribution in [-0.2, 0) is 17.2 Å². The highest BCUT2D eigenvalue weighted by atomic mass is 35.5. The molecule has 1 aliphatic carbocycles. The van der Waals surface area contributed by atoms with Crippen molar-refractivity contribution in [3.63, 3.8) is 0 Å². The second kappa shape index (κ2) is 5.44. The van der Waals surface area contributed by atoms with Crippen molar-refractivity contribution in [3.8, 4) is 0 Å². The standard InChI is InChI=1S/C15H18ClN3O/c1-10-2-5-13-12(8-10)18-14(9-16)19(13)7-6-15(20)17-11-3-4-11/h2,5,8,11H,3-4,6-7,9H2,1H3,(H,17,20). The first kappa shape index (κ1) is 13.4. The van der Waals surface area contributed by atoms with Crippen molar-refractivity contribution in [2.45, 2.75) is 44.7 Å². The molecule has 3 rings (SSSR count). The molecule has 0 saturated heterocycles. The number of aromatic nitrogens is 2. The maximum Gasteiger partial charge on any atom is 0.222 e. The van der Waals surface area contributed by atoms with Crippen molar-refractivity contribution in [1.82, 2.24) is 14.9 Å². The Kier molecular flexibility index (Phi) is 3.66. The summed E-state index contributed by atoms with van der Waals surface area (Å²) in [4.78, 5) is 16.3. The summed E-state index contributed by atoms with van der Waals surface area (Å²) in [6.07, 6.45) is 2.71. The molecule has 0 unspecified atom stereocenters.